The molecule has 0 fully saturated rings. The molecule has 114 valence electrons. The van der Waals surface area contributed by atoms with Crippen LogP contribution < -0.4 is 5.32 Å². The fraction of sp³-hybridized carbons (Fsp3) is 0.353. The van der Waals surface area contributed by atoms with Gasteiger partial charge < -0.3 is 5.32 Å². The van der Waals surface area contributed by atoms with Crippen LogP contribution in [-0.4, -0.2) is 21.7 Å². The summed E-state index contributed by atoms with van der Waals surface area (Å²) in [7, 11) is 0. The standard InChI is InChI=1S/C17H20N4O/c1-4-16(10-18)19-17(22)15-7-5-6-14(9-15)11-21-13(3)8-12(2)20-21/h5-9,16H,4,11H2,1-3H3,(H,19,22)/t16-/m1/s1. The lowest BCUT2D eigenvalue weighted by Gasteiger charge is -2.10. The van der Waals surface area contributed by atoms with Crippen LogP contribution in [0.1, 0.15) is 40.7 Å². The maximum atomic E-state index is 12.2. The summed E-state index contributed by atoms with van der Waals surface area (Å²) in [5.41, 5.74) is 3.63. The molecule has 1 heterocycles. The number of aryl methyl sites for hydroxylation is 2. The minimum absolute atomic E-state index is 0.219. The number of amides is 1. The van der Waals surface area contributed by atoms with Gasteiger partial charge in [0, 0.05) is 11.3 Å². The van der Waals surface area contributed by atoms with E-state index < -0.39 is 6.04 Å². The van der Waals surface area contributed by atoms with Crippen LogP contribution in [0.15, 0.2) is 30.3 Å². The number of benzene rings is 1. The summed E-state index contributed by atoms with van der Waals surface area (Å²) in [4.78, 5) is 12.2. The highest BCUT2D eigenvalue weighted by Crippen LogP contribution is 2.10. The number of carbonyl (C=O) groups excluding carboxylic acids is 1. The third-order valence-corrected chi connectivity index (χ3v) is 3.49. The molecule has 5 heteroatoms. The molecule has 0 aliphatic carbocycles. The predicted molar refractivity (Wildman–Crippen MR) is 84.4 cm³/mol. The summed E-state index contributed by atoms with van der Waals surface area (Å²) in [6.07, 6.45) is 0.591. The van der Waals surface area contributed by atoms with Crippen LogP contribution in [0.4, 0.5) is 0 Å². The highest BCUT2D eigenvalue weighted by Gasteiger charge is 2.12. The Hall–Kier alpha value is -2.61. The van der Waals surface area contributed by atoms with Crippen LogP contribution in [-0.2, 0) is 6.54 Å². The lowest BCUT2D eigenvalue weighted by atomic mass is 10.1. The van der Waals surface area contributed by atoms with Crippen molar-refractivity contribution in [3.05, 3.63) is 52.8 Å². The van der Waals surface area contributed by atoms with Gasteiger partial charge in [-0.2, -0.15) is 10.4 Å². The molecule has 5 nitrogen and oxygen atoms in total. The van der Waals surface area contributed by atoms with Crippen molar-refractivity contribution in [3.8, 4) is 6.07 Å². The second-order valence-corrected chi connectivity index (χ2v) is 5.35. The zero-order valence-corrected chi connectivity index (χ0v) is 13.1. The number of nitrogens with one attached hydrogen (secondary N) is 1. The first-order chi connectivity index (χ1) is 10.5. The van der Waals surface area contributed by atoms with Crippen molar-refractivity contribution >= 4 is 5.91 Å². The van der Waals surface area contributed by atoms with Crippen LogP contribution in [0.3, 0.4) is 0 Å². The maximum Gasteiger partial charge on any atom is 0.252 e. The van der Waals surface area contributed by atoms with Crippen LogP contribution in [0.25, 0.3) is 0 Å². The van der Waals surface area contributed by atoms with E-state index in [0.29, 0.717) is 18.5 Å². The predicted octanol–water partition coefficient (Wildman–Crippen LogP) is 2.58. The molecule has 0 spiro atoms. The minimum atomic E-state index is -0.452. The molecule has 0 saturated heterocycles. The Morgan fingerprint density at radius 3 is 2.77 bits per heavy atom. The molecule has 2 rings (SSSR count). The Balaban J connectivity index is 2.15. The highest BCUT2D eigenvalue weighted by atomic mass is 16.1. The fourth-order valence-corrected chi connectivity index (χ4v) is 2.29. The Morgan fingerprint density at radius 2 is 2.18 bits per heavy atom. The SMILES string of the molecule is CC[C@H](C#N)NC(=O)c1cccc(Cn2nc(C)cc2C)c1. The number of carbonyl (C=O) groups is 1. The molecule has 2 aromatic rings. The van der Waals surface area contributed by atoms with Crippen molar-refractivity contribution in [2.75, 3.05) is 0 Å². The molecule has 1 amide bonds. The van der Waals surface area contributed by atoms with Gasteiger partial charge in [-0.05, 0) is 44.0 Å². The fourth-order valence-electron chi connectivity index (χ4n) is 2.29. The van der Waals surface area contributed by atoms with Gasteiger partial charge in [0.05, 0.1) is 18.3 Å². The van der Waals surface area contributed by atoms with Gasteiger partial charge in [0.25, 0.3) is 5.91 Å². The monoisotopic (exact) mass is 296 g/mol. The van der Waals surface area contributed by atoms with Gasteiger partial charge in [0.2, 0.25) is 0 Å². The van der Waals surface area contributed by atoms with E-state index in [2.05, 4.69) is 16.5 Å². The van der Waals surface area contributed by atoms with Gasteiger partial charge in [-0.15, -0.1) is 0 Å². The number of hydrogen-bond acceptors (Lipinski definition) is 3. The van der Waals surface area contributed by atoms with Crippen LogP contribution >= 0.6 is 0 Å². The topological polar surface area (TPSA) is 70.7 Å². The van der Waals surface area contributed by atoms with E-state index in [1.54, 1.807) is 6.07 Å². The van der Waals surface area contributed by atoms with E-state index in [1.165, 1.54) is 0 Å². The molecule has 22 heavy (non-hydrogen) atoms. The molecule has 1 N–H and O–H groups in total. The summed E-state index contributed by atoms with van der Waals surface area (Å²) >= 11 is 0. The van der Waals surface area contributed by atoms with Gasteiger partial charge in [0.15, 0.2) is 0 Å². The molecule has 0 aliphatic rings. The number of hydrogen-bond donors (Lipinski definition) is 1. The van der Waals surface area contributed by atoms with Crippen molar-refractivity contribution in [1.29, 1.82) is 5.26 Å². The Kier molecular flexibility index (Phi) is 4.95. The van der Waals surface area contributed by atoms with Crippen molar-refractivity contribution in [1.82, 2.24) is 15.1 Å². The molecule has 0 bridgehead atoms. The lowest BCUT2D eigenvalue weighted by molar-refractivity contribution is 0.0944. The molecular formula is C17H20N4O. The molecular weight excluding hydrogens is 276 g/mol. The summed E-state index contributed by atoms with van der Waals surface area (Å²) in [5, 5.41) is 16.1. The van der Waals surface area contributed by atoms with Gasteiger partial charge in [-0.1, -0.05) is 19.1 Å². The summed E-state index contributed by atoms with van der Waals surface area (Å²) in [6.45, 7) is 6.46. The molecule has 0 aliphatic heterocycles. The highest BCUT2D eigenvalue weighted by molar-refractivity contribution is 5.94. The average molecular weight is 296 g/mol. The molecule has 0 radical (unpaired) electrons. The van der Waals surface area contributed by atoms with E-state index in [-0.39, 0.29) is 5.91 Å². The first-order valence-electron chi connectivity index (χ1n) is 7.34. The average Bonchev–Trinajstić information content (AvgIpc) is 2.82. The quantitative estimate of drug-likeness (QED) is 0.922. The normalized spacial score (nSPS) is 11.7. The summed E-state index contributed by atoms with van der Waals surface area (Å²) < 4.78 is 1.91. The second kappa shape index (κ2) is 6.90. The summed E-state index contributed by atoms with van der Waals surface area (Å²) in [6, 6.07) is 11.1. The van der Waals surface area contributed by atoms with Gasteiger partial charge in [-0.25, -0.2) is 0 Å². The number of rotatable bonds is 5. The van der Waals surface area contributed by atoms with E-state index >= 15 is 0 Å². The molecule has 1 aromatic carbocycles. The van der Waals surface area contributed by atoms with Crippen molar-refractivity contribution in [3.63, 3.8) is 0 Å². The maximum absolute atomic E-state index is 12.2. The van der Waals surface area contributed by atoms with E-state index in [0.717, 1.165) is 17.0 Å². The number of nitriles is 1. The smallest absolute Gasteiger partial charge is 0.252 e. The van der Waals surface area contributed by atoms with Crippen LogP contribution in [0.5, 0.6) is 0 Å². The Labute approximate surface area is 130 Å². The number of aromatic nitrogens is 2. The largest absolute Gasteiger partial charge is 0.336 e. The third kappa shape index (κ3) is 3.73. The second-order valence-electron chi connectivity index (χ2n) is 5.35. The van der Waals surface area contributed by atoms with Crippen molar-refractivity contribution in [2.45, 2.75) is 39.8 Å². The van der Waals surface area contributed by atoms with Gasteiger partial charge >= 0.3 is 0 Å². The van der Waals surface area contributed by atoms with Crippen LogP contribution in [0, 0.1) is 25.2 Å². The van der Waals surface area contributed by atoms with Gasteiger partial charge in [0.1, 0.15) is 6.04 Å². The zero-order valence-electron chi connectivity index (χ0n) is 13.1. The Morgan fingerprint density at radius 1 is 1.41 bits per heavy atom. The van der Waals surface area contributed by atoms with Crippen LogP contribution in [0.2, 0.25) is 0 Å². The zero-order chi connectivity index (χ0) is 16.1. The number of nitrogens with zero attached hydrogens (tertiary/aromatic N) is 3. The van der Waals surface area contributed by atoms with E-state index in [1.807, 2.05) is 49.7 Å². The minimum Gasteiger partial charge on any atom is -0.336 e. The first-order valence-corrected chi connectivity index (χ1v) is 7.34. The Bertz CT molecular complexity index is 712. The summed E-state index contributed by atoms with van der Waals surface area (Å²) in [5.74, 6) is -0.219. The molecule has 0 saturated carbocycles. The van der Waals surface area contributed by atoms with E-state index in [9.17, 15) is 4.79 Å². The van der Waals surface area contributed by atoms with Crippen molar-refractivity contribution in [2.24, 2.45) is 0 Å². The van der Waals surface area contributed by atoms with E-state index in [4.69, 9.17) is 5.26 Å². The molecule has 1 atom stereocenters. The van der Waals surface area contributed by atoms with Crippen molar-refractivity contribution < 1.29 is 4.79 Å². The third-order valence-electron chi connectivity index (χ3n) is 3.49. The van der Waals surface area contributed by atoms with Gasteiger partial charge in [-0.3, -0.25) is 9.48 Å². The first kappa shape index (κ1) is 15.8. The molecule has 0 unspecified atom stereocenters. The lowest BCUT2D eigenvalue weighted by Crippen LogP contribution is -2.33. The molecule has 1 aromatic heterocycles.